The van der Waals surface area contributed by atoms with E-state index < -0.39 is 20.0 Å². The van der Waals surface area contributed by atoms with Gasteiger partial charge in [0.2, 0.25) is 20.0 Å². The SMILES string of the molecule is O=S(=O)(NCCCNS(=O)(=O)c1c(Cl)cccc1Cl)c1c(Cl)cccc1Cl. The lowest BCUT2D eigenvalue weighted by Crippen LogP contribution is -2.30. The molecule has 27 heavy (non-hydrogen) atoms. The summed E-state index contributed by atoms with van der Waals surface area (Å²) in [6.07, 6.45) is 0.169. The highest BCUT2D eigenvalue weighted by Crippen LogP contribution is 2.29. The molecule has 12 heteroatoms. The van der Waals surface area contributed by atoms with Crippen LogP contribution in [-0.4, -0.2) is 29.9 Å². The fraction of sp³-hybridized carbons (Fsp3) is 0.200. The Bertz CT molecular complexity index is 920. The molecule has 0 aromatic heterocycles. The average molecular weight is 492 g/mol. The quantitative estimate of drug-likeness (QED) is 0.547. The molecule has 0 aliphatic heterocycles. The molecule has 2 aromatic rings. The van der Waals surface area contributed by atoms with Crippen LogP contribution < -0.4 is 9.44 Å². The van der Waals surface area contributed by atoms with Gasteiger partial charge in [-0.05, 0) is 30.7 Å². The van der Waals surface area contributed by atoms with Gasteiger partial charge in [0.05, 0.1) is 20.1 Å². The highest BCUT2D eigenvalue weighted by molar-refractivity contribution is 7.90. The van der Waals surface area contributed by atoms with Gasteiger partial charge in [-0.3, -0.25) is 0 Å². The normalized spacial score (nSPS) is 12.3. The van der Waals surface area contributed by atoms with Gasteiger partial charge in [-0.2, -0.15) is 0 Å². The molecule has 6 nitrogen and oxygen atoms in total. The van der Waals surface area contributed by atoms with Gasteiger partial charge in [0.15, 0.2) is 0 Å². The Kier molecular flexibility index (Phi) is 7.80. The maximum absolute atomic E-state index is 12.3. The van der Waals surface area contributed by atoms with Gasteiger partial charge in [-0.1, -0.05) is 58.5 Å². The van der Waals surface area contributed by atoms with Crippen molar-refractivity contribution in [2.24, 2.45) is 0 Å². The molecule has 0 heterocycles. The van der Waals surface area contributed by atoms with E-state index in [-0.39, 0.29) is 49.4 Å². The van der Waals surface area contributed by atoms with Gasteiger partial charge >= 0.3 is 0 Å². The molecule has 0 saturated heterocycles. The minimum absolute atomic E-state index is 0.0101. The zero-order valence-electron chi connectivity index (χ0n) is 13.5. The Morgan fingerprint density at radius 2 is 0.926 bits per heavy atom. The van der Waals surface area contributed by atoms with Gasteiger partial charge in [-0.15, -0.1) is 0 Å². The first-order chi connectivity index (χ1) is 12.6. The molecule has 2 aromatic carbocycles. The van der Waals surface area contributed by atoms with Crippen LogP contribution in [0.5, 0.6) is 0 Å². The van der Waals surface area contributed by atoms with Crippen molar-refractivity contribution in [3.8, 4) is 0 Å². The van der Waals surface area contributed by atoms with Crippen molar-refractivity contribution < 1.29 is 16.8 Å². The van der Waals surface area contributed by atoms with Crippen molar-refractivity contribution in [3.63, 3.8) is 0 Å². The molecule has 2 rings (SSSR count). The van der Waals surface area contributed by atoms with E-state index >= 15 is 0 Å². The van der Waals surface area contributed by atoms with E-state index in [0.29, 0.717) is 0 Å². The third kappa shape index (κ3) is 5.71. The maximum atomic E-state index is 12.3. The molecular weight excluding hydrogens is 478 g/mol. The van der Waals surface area contributed by atoms with Crippen molar-refractivity contribution in [3.05, 3.63) is 56.5 Å². The summed E-state index contributed by atoms with van der Waals surface area (Å²) in [5.41, 5.74) is 0. The van der Waals surface area contributed by atoms with E-state index in [1.807, 2.05) is 0 Å². The van der Waals surface area contributed by atoms with E-state index in [2.05, 4.69) is 9.44 Å². The number of rotatable bonds is 8. The first kappa shape index (κ1) is 22.7. The zero-order valence-corrected chi connectivity index (χ0v) is 18.2. The standard InChI is InChI=1S/C15H14Cl4N2O4S2/c16-10-4-1-5-11(17)14(10)26(22,23)20-8-3-9-21-27(24,25)15-12(18)6-2-7-13(15)19/h1-2,4-7,20-21H,3,8-9H2. The summed E-state index contributed by atoms with van der Waals surface area (Å²) in [6.45, 7) is -0.0781. The lowest BCUT2D eigenvalue weighted by atomic mass is 10.4. The van der Waals surface area contributed by atoms with E-state index in [1.165, 1.54) is 36.4 Å². The van der Waals surface area contributed by atoms with Crippen LogP contribution >= 0.6 is 46.4 Å². The molecule has 0 fully saturated rings. The largest absolute Gasteiger partial charge is 0.243 e. The maximum Gasteiger partial charge on any atom is 0.243 e. The van der Waals surface area contributed by atoms with Gasteiger partial charge < -0.3 is 0 Å². The van der Waals surface area contributed by atoms with Crippen molar-refractivity contribution in [1.82, 2.24) is 9.44 Å². The Morgan fingerprint density at radius 3 is 1.22 bits per heavy atom. The summed E-state index contributed by atoms with van der Waals surface area (Å²) < 4.78 is 53.8. The molecule has 0 aliphatic rings. The van der Waals surface area contributed by atoms with Crippen LogP contribution in [0.25, 0.3) is 0 Å². The van der Waals surface area contributed by atoms with Gasteiger partial charge in [0, 0.05) is 13.1 Å². The summed E-state index contributed by atoms with van der Waals surface area (Å²) in [4.78, 5) is -0.450. The fourth-order valence-electron chi connectivity index (χ4n) is 2.12. The highest BCUT2D eigenvalue weighted by atomic mass is 35.5. The lowest BCUT2D eigenvalue weighted by Gasteiger charge is -2.11. The minimum Gasteiger partial charge on any atom is -0.211 e. The van der Waals surface area contributed by atoms with E-state index in [9.17, 15) is 16.8 Å². The van der Waals surface area contributed by atoms with Crippen LogP contribution in [-0.2, 0) is 20.0 Å². The summed E-state index contributed by atoms with van der Waals surface area (Å²) in [7, 11) is -7.87. The third-order valence-corrected chi connectivity index (χ3v) is 8.14. The summed E-state index contributed by atoms with van der Waals surface area (Å²) in [5.74, 6) is 0. The average Bonchev–Trinajstić information content (AvgIpc) is 2.53. The summed E-state index contributed by atoms with van der Waals surface area (Å²) >= 11 is 23.6. The van der Waals surface area contributed by atoms with Gasteiger partial charge in [-0.25, -0.2) is 26.3 Å². The van der Waals surface area contributed by atoms with Gasteiger partial charge in [0.25, 0.3) is 0 Å². The second kappa shape index (κ2) is 9.28. The second-order valence-electron chi connectivity index (χ2n) is 5.25. The van der Waals surface area contributed by atoms with Crippen molar-refractivity contribution in [1.29, 1.82) is 0 Å². The Hall–Kier alpha value is -0.580. The molecule has 0 amide bonds. The summed E-state index contributed by atoms with van der Waals surface area (Å²) in [6, 6.07) is 8.68. The molecule has 0 saturated carbocycles. The minimum atomic E-state index is -3.94. The highest BCUT2D eigenvalue weighted by Gasteiger charge is 2.22. The Balaban J connectivity index is 1.96. The topological polar surface area (TPSA) is 92.3 Å². The van der Waals surface area contributed by atoms with Crippen LogP contribution in [0.2, 0.25) is 20.1 Å². The number of sulfonamides is 2. The Morgan fingerprint density at radius 1 is 0.630 bits per heavy atom. The van der Waals surface area contributed by atoms with Crippen molar-refractivity contribution >= 4 is 66.5 Å². The smallest absolute Gasteiger partial charge is 0.211 e. The monoisotopic (exact) mass is 490 g/mol. The molecule has 0 bridgehead atoms. The van der Waals surface area contributed by atoms with Crippen LogP contribution in [0, 0.1) is 0 Å². The number of hydrogen-bond acceptors (Lipinski definition) is 4. The van der Waals surface area contributed by atoms with Crippen molar-refractivity contribution in [2.75, 3.05) is 13.1 Å². The third-order valence-electron chi connectivity index (χ3n) is 3.31. The van der Waals surface area contributed by atoms with Crippen LogP contribution in [0.4, 0.5) is 0 Å². The fourth-order valence-corrected chi connectivity index (χ4v) is 6.55. The number of hydrogen-bond donors (Lipinski definition) is 2. The molecule has 0 radical (unpaired) electrons. The van der Waals surface area contributed by atoms with Crippen molar-refractivity contribution in [2.45, 2.75) is 16.2 Å². The first-order valence-electron chi connectivity index (χ1n) is 7.43. The molecule has 0 atom stereocenters. The predicted octanol–water partition coefficient (Wildman–Crippen LogP) is 3.95. The first-order valence-corrected chi connectivity index (χ1v) is 11.9. The zero-order chi connectivity index (χ0) is 20.2. The predicted molar refractivity (Wildman–Crippen MR) is 108 cm³/mol. The van der Waals surface area contributed by atoms with Crippen LogP contribution in [0.15, 0.2) is 46.2 Å². The van der Waals surface area contributed by atoms with E-state index in [0.717, 1.165) is 0 Å². The van der Waals surface area contributed by atoms with Gasteiger partial charge in [0.1, 0.15) is 9.79 Å². The number of benzene rings is 2. The van der Waals surface area contributed by atoms with Crippen LogP contribution in [0.1, 0.15) is 6.42 Å². The number of halogens is 4. The molecule has 2 N–H and O–H groups in total. The molecule has 0 unspecified atom stereocenters. The molecular formula is C15H14Cl4N2O4S2. The van der Waals surface area contributed by atoms with E-state index in [4.69, 9.17) is 46.4 Å². The molecule has 148 valence electrons. The Labute approximate surface area is 177 Å². The second-order valence-corrected chi connectivity index (χ2v) is 10.3. The van der Waals surface area contributed by atoms with Crippen LogP contribution in [0.3, 0.4) is 0 Å². The van der Waals surface area contributed by atoms with E-state index in [1.54, 1.807) is 0 Å². The number of nitrogens with one attached hydrogen (secondary N) is 2. The molecule has 0 aliphatic carbocycles. The summed E-state index contributed by atoms with van der Waals surface area (Å²) in [5, 5.41) is -0.0405. The molecule has 0 spiro atoms. The lowest BCUT2D eigenvalue weighted by molar-refractivity contribution is 0.572.